The van der Waals surface area contributed by atoms with Gasteiger partial charge in [-0.3, -0.25) is 14.3 Å². The average Bonchev–Trinajstić information content (AvgIpc) is 3.94. The topological polar surface area (TPSA) is 114 Å². The number of hydrogen-bond acceptors (Lipinski definition) is 7. The Kier molecular flexibility index (Phi) is 7.31. The fraction of sp³-hybridized carbons (Fsp3) is 0.417. The normalized spacial score (nSPS) is 22.1. The molecular weight excluding hydrogens is 597 g/mol. The van der Waals surface area contributed by atoms with Gasteiger partial charge in [-0.1, -0.05) is 30.3 Å². The first-order valence-electron chi connectivity index (χ1n) is 16.5. The molecule has 2 N–H and O–H groups in total. The molecule has 11 heteroatoms. The van der Waals surface area contributed by atoms with E-state index in [0.717, 1.165) is 65.3 Å². The van der Waals surface area contributed by atoms with Crippen molar-refractivity contribution in [2.24, 2.45) is 13.0 Å². The molecule has 2 aliphatic heterocycles. The fourth-order valence-corrected chi connectivity index (χ4v) is 7.26. The number of anilines is 2. The van der Waals surface area contributed by atoms with E-state index < -0.39 is 17.6 Å². The summed E-state index contributed by atoms with van der Waals surface area (Å²) in [6.07, 6.45) is 6.87. The van der Waals surface area contributed by atoms with Gasteiger partial charge < -0.3 is 20.3 Å². The minimum Gasteiger partial charge on any atom is -0.374 e. The van der Waals surface area contributed by atoms with E-state index in [9.17, 15) is 9.59 Å². The molecule has 8 rings (SSSR count). The number of halogens is 1. The van der Waals surface area contributed by atoms with Crippen molar-refractivity contribution in [2.45, 2.75) is 68.8 Å². The lowest BCUT2D eigenvalue weighted by Gasteiger charge is -2.29. The third kappa shape index (κ3) is 5.77. The number of amides is 2. The maximum Gasteiger partial charge on any atom is 0.258 e. The molecular formula is C36H38FN7O3. The smallest absolute Gasteiger partial charge is 0.258 e. The molecule has 0 spiro atoms. The molecule has 4 heterocycles. The van der Waals surface area contributed by atoms with E-state index >= 15 is 4.39 Å². The molecule has 47 heavy (non-hydrogen) atoms. The molecule has 10 nitrogen and oxygen atoms in total. The van der Waals surface area contributed by atoms with Gasteiger partial charge in [0, 0.05) is 42.4 Å². The van der Waals surface area contributed by atoms with E-state index in [-0.39, 0.29) is 36.7 Å². The Bertz CT molecular complexity index is 1810. The largest absolute Gasteiger partial charge is 0.374 e. The van der Waals surface area contributed by atoms with E-state index in [1.165, 1.54) is 0 Å². The number of alkyl halides is 1. The number of morpholine rings is 1. The van der Waals surface area contributed by atoms with Gasteiger partial charge in [0.25, 0.3) is 5.91 Å². The summed E-state index contributed by atoms with van der Waals surface area (Å²) in [6.45, 7) is 3.54. The summed E-state index contributed by atoms with van der Waals surface area (Å²) in [5, 5.41) is 10.2. The number of ether oxygens (including phenoxy) is 1. The standard InChI is InChI=1S/C36H38FN7O3/c1-21-17-40-43(2)33(21)23-8-10-26(11-9-23)41-34(45)32(42-35(46)36(37)12-13-36)31(22-6-7-22)25-5-3-4-24(14-25)29-16-30(39-20-38-29)44-18-28-15-27(44)19-47-28/h3-5,8-11,14,16-17,20,22,27-28,31-32H,6-7,12-13,15,18-19H2,1-2H3,(H,41,45)(H,42,46)/t27-,28-,31?,32?/m0/s1. The summed E-state index contributed by atoms with van der Waals surface area (Å²) in [6, 6.07) is 16.9. The van der Waals surface area contributed by atoms with Gasteiger partial charge in [-0.15, -0.1) is 0 Å². The first-order chi connectivity index (χ1) is 22.8. The van der Waals surface area contributed by atoms with Crippen LogP contribution >= 0.6 is 0 Å². The second kappa shape index (κ2) is 11.6. The van der Waals surface area contributed by atoms with Gasteiger partial charge in [0.15, 0.2) is 5.67 Å². The number of hydrogen-bond donors (Lipinski definition) is 2. The molecule has 2 aliphatic carbocycles. The van der Waals surface area contributed by atoms with Crippen LogP contribution in [-0.2, 0) is 21.4 Å². The van der Waals surface area contributed by atoms with Crippen molar-refractivity contribution < 1.29 is 18.7 Å². The summed E-state index contributed by atoms with van der Waals surface area (Å²) >= 11 is 0. The van der Waals surface area contributed by atoms with Gasteiger partial charge in [-0.05, 0) is 74.3 Å². The molecule has 2 saturated carbocycles. The van der Waals surface area contributed by atoms with Gasteiger partial charge in [0.05, 0.1) is 36.3 Å². The number of nitrogens with zero attached hydrogens (tertiary/aromatic N) is 5. The molecule has 2 aromatic heterocycles. The maximum absolute atomic E-state index is 15.0. The molecule has 4 atom stereocenters. The van der Waals surface area contributed by atoms with Crippen LogP contribution in [-0.4, -0.2) is 68.6 Å². The van der Waals surface area contributed by atoms with Gasteiger partial charge in [-0.2, -0.15) is 5.10 Å². The highest BCUT2D eigenvalue weighted by Crippen LogP contribution is 2.46. The molecule has 4 aliphatic rings. The van der Waals surface area contributed by atoms with Crippen molar-refractivity contribution in [2.75, 3.05) is 23.4 Å². The van der Waals surface area contributed by atoms with Gasteiger partial charge in [0.2, 0.25) is 5.91 Å². The number of benzene rings is 2. The summed E-state index contributed by atoms with van der Waals surface area (Å²) in [5.74, 6) is -0.379. The van der Waals surface area contributed by atoms with Crippen LogP contribution in [0, 0.1) is 12.8 Å². The molecule has 242 valence electrons. The van der Waals surface area contributed by atoms with Crippen molar-refractivity contribution in [3.8, 4) is 22.5 Å². The highest BCUT2D eigenvalue weighted by molar-refractivity contribution is 6.00. The number of carbonyl (C=O) groups excluding carboxylic acids is 2. The lowest BCUT2D eigenvalue weighted by Crippen LogP contribution is -2.51. The molecule has 2 saturated heterocycles. The first kappa shape index (κ1) is 29.7. The summed E-state index contributed by atoms with van der Waals surface area (Å²) < 4.78 is 22.6. The highest BCUT2D eigenvalue weighted by atomic mass is 19.1. The van der Waals surface area contributed by atoms with Gasteiger partial charge >= 0.3 is 0 Å². The van der Waals surface area contributed by atoms with Crippen LogP contribution in [0.5, 0.6) is 0 Å². The van der Waals surface area contributed by atoms with E-state index in [4.69, 9.17) is 4.74 Å². The molecule has 0 radical (unpaired) electrons. The zero-order valence-corrected chi connectivity index (χ0v) is 26.5. The number of fused-ring (bicyclic) bond motifs is 2. The Labute approximate surface area is 272 Å². The summed E-state index contributed by atoms with van der Waals surface area (Å²) in [4.78, 5) is 38.6. The monoisotopic (exact) mass is 635 g/mol. The van der Waals surface area contributed by atoms with E-state index in [0.29, 0.717) is 18.3 Å². The summed E-state index contributed by atoms with van der Waals surface area (Å²) in [7, 11) is 1.89. The van der Waals surface area contributed by atoms with Gasteiger partial charge in [-0.25, -0.2) is 14.4 Å². The average molecular weight is 636 g/mol. The van der Waals surface area contributed by atoms with Crippen molar-refractivity contribution in [3.63, 3.8) is 0 Å². The third-order valence-corrected chi connectivity index (χ3v) is 10.1. The fourth-order valence-electron chi connectivity index (χ4n) is 7.26. The quantitative estimate of drug-likeness (QED) is 0.254. The zero-order chi connectivity index (χ0) is 32.3. The summed E-state index contributed by atoms with van der Waals surface area (Å²) in [5.41, 5.74) is 4.30. The SMILES string of the molecule is Cc1cnn(C)c1-c1ccc(NC(=O)C(NC(=O)C2(F)CC2)C(c2cccc(-c3cc(N4C[C@@H]5C[C@H]4CO5)ncn3)c2)C2CC2)cc1. The number of rotatable bonds is 10. The van der Waals surface area contributed by atoms with Crippen molar-refractivity contribution in [1.82, 2.24) is 25.1 Å². The van der Waals surface area contributed by atoms with Crippen LogP contribution in [0.2, 0.25) is 0 Å². The second-order valence-corrected chi connectivity index (χ2v) is 13.5. The number of nitrogens with one attached hydrogen (secondary N) is 2. The minimum atomic E-state index is -1.91. The molecule has 2 amide bonds. The minimum absolute atomic E-state index is 0.173. The second-order valence-electron chi connectivity index (χ2n) is 13.5. The Morgan fingerprint density at radius 1 is 1.06 bits per heavy atom. The van der Waals surface area contributed by atoms with Crippen LogP contribution < -0.4 is 15.5 Å². The molecule has 4 fully saturated rings. The number of aromatic nitrogens is 4. The Balaban J connectivity index is 1.08. The Morgan fingerprint density at radius 3 is 2.53 bits per heavy atom. The predicted octanol–water partition coefficient (Wildman–Crippen LogP) is 4.95. The van der Waals surface area contributed by atoms with E-state index in [2.05, 4.69) is 30.6 Å². The van der Waals surface area contributed by atoms with Crippen molar-refractivity contribution in [1.29, 1.82) is 0 Å². The number of aryl methyl sites for hydroxylation is 2. The third-order valence-electron chi connectivity index (χ3n) is 10.1. The van der Waals surface area contributed by atoms with Crippen molar-refractivity contribution >= 4 is 23.3 Å². The van der Waals surface area contributed by atoms with Crippen LogP contribution in [0.4, 0.5) is 15.9 Å². The molecule has 2 unspecified atom stereocenters. The molecule has 2 aromatic carbocycles. The number of carbonyl (C=O) groups is 2. The van der Waals surface area contributed by atoms with Crippen LogP contribution in [0.25, 0.3) is 22.5 Å². The first-order valence-corrected chi connectivity index (χ1v) is 16.5. The van der Waals surface area contributed by atoms with Crippen LogP contribution in [0.1, 0.15) is 49.1 Å². The highest BCUT2D eigenvalue weighted by Gasteiger charge is 2.53. The van der Waals surface area contributed by atoms with Crippen LogP contribution in [0.15, 0.2) is 67.1 Å². The lowest BCUT2D eigenvalue weighted by atomic mass is 9.85. The predicted molar refractivity (Wildman–Crippen MR) is 175 cm³/mol. The lowest BCUT2D eigenvalue weighted by molar-refractivity contribution is -0.131. The Hall–Kier alpha value is -4.64. The molecule has 2 bridgehead atoms. The zero-order valence-electron chi connectivity index (χ0n) is 26.5. The van der Waals surface area contributed by atoms with E-state index in [1.54, 1.807) is 6.33 Å². The maximum atomic E-state index is 15.0. The Morgan fingerprint density at radius 2 is 1.87 bits per heavy atom. The van der Waals surface area contributed by atoms with Crippen LogP contribution in [0.3, 0.4) is 0 Å². The van der Waals surface area contributed by atoms with E-state index in [1.807, 2.05) is 79.4 Å². The molecule has 4 aromatic rings. The van der Waals surface area contributed by atoms with Gasteiger partial charge in [0.1, 0.15) is 18.2 Å². The van der Waals surface area contributed by atoms with Crippen molar-refractivity contribution in [3.05, 3.63) is 78.2 Å².